The molecule has 20 heavy (non-hydrogen) atoms. The van der Waals surface area contributed by atoms with Crippen LogP contribution >= 0.6 is 15.9 Å². The maximum Gasteiger partial charge on any atom is 0.410 e. The molecule has 1 unspecified atom stereocenters. The van der Waals surface area contributed by atoms with Crippen LogP contribution in [-0.2, 0) is 11.3 Å². The molecule has 1 amide bonds. The number of nitrogens with zero attached hydrogens (tertiary/aromatic N) is 2. The van der Waals surface area contributed by atoms with Crippen molar-refractivity contribution in [2.24, 2.45) is 0 Å². The fourth-order valence-electron chi connectivity index (χ4n) is 2.19. The van der Waals surface area contributed by atoms with Crippen LogP contribution in [0.3, 0.4) is 0 Å². The molecule has 0 N–H and O–H groups in total. The average molecular weight is 333 g/mol. The first kappa shape index (κ1) is 13.1. The summed E-state index contributed by atoms with van der Waals surface area (Å²) in [5.41, 5.74) is 2.01. The summed E-state index contributed by atoms with van der Waals surface area (Å²) in [6, 6.07) is 11.7. The number of amides is 1. The van der Waals surface area contributed by atoms with Crippen molar-refractivity contribution < 1.29 is 9.53 Å². The standard InChI is InChI=1S/C15H13BrN2O2/c16-13-5-3-11(4-6-13)9-18-10-14(20-15(18)19)12-2-1-7-17-8-12/h1-8,14H,9-10H2. The second-order valence-electron chi connectivity index (χ2n) is 4.67. The molecule has 1 saturated heterocycles. The fourth-order valence-corrected chi connectivity index (χ4v) is 2.45. The van der Waals surface area contributed by atoms with Gasteiger partial charge in [-0.05, 0) is 23.8 Å². The second kappa shape index (κ2) is 5.63. The zero-order chi connectivity index (χ0) is 13.9. The van der Waals surface area contributed by atoms with Gasteiger partial charge in [-0.1, -0.05) is 34.1 Å². The lowest BCUT2D eigenvalue weighted by Gasteiger charge is -2.12. The van der Waals surface area contributed by atoms with Gasteiger partial charge in [-0.3, -0.25) is 9.88 Å². The third-order valence-corrected chi connectivity index (χ3v) is 3.76. The Bertz CT molecular complexity index is 601. The van der Waals surface area contributed by atoms with Gasteiger partial charge in [0.25, 0.3) is 0 Å². The maximum absolute atomic E-state index is 11.9. The minimum absolute atomic E-state index is 0.230. The predicted molar refractivity (Wildman–Crippen MR) is 78.0 cm³/mol. The summed E-state index contributed by atoms with van der Waals surface area (Å²) in [6.45, 7) is 1.11. The number of halogens is 1. The number of aromatic nitrogens is 1. The SMILES string of the molecule is O=C1OC(c2cccnc2)CN1Cc1ccc(Br)cc1. The van der Waals surface area contributed by atoms with E-state index in [0.29, 0.717) is 13.1 Å². The van der Waals surface area contributed by atoms with Gasteiger partial charge < -0.3 is 4.74 Å². The van der Waals surface area contributed by atoms with Gasteiger partial charge >= 0.3 is 6.09 Å². The van der Waals surface area contributed by atoms with E-state index in [-0.39, 0.29) is 12.2 Å². The Morgan fingerprint density at radius 2 is 2.10 bits per heavy atom. The van der Waals surface area contributed by atoms with E-state index in [0.717, 1.165) is 15.6 Å². The van der Waals surface area contributed by atoms with E-state index in [1.807, 2.05) is 36.4 Å². The lowest BCUT2D eigenvalue weighted by atomic mass is 10.1. The van der Waals surface area contributed by atoms with Gasteiger partial charge in [0.15, 0.2) is 0 Å². The average Bonchev–Trinajstić information content (AvgIpc) is 2.84. The van der Waals surface area contributed by atoms with Crippen LogP contribution in [-0.4, -0.2) is 22.5 Å². The van der Waals surface area contributed by atoms with Gasteiger partial charge in [0.2, 0.25) is 0 Å². The Morgan fingerprint density at radius 3 is 2.80 bits per heavy atom. The molecule has 0 radical (unpaired) electrons. The van der Waals surface area contributed by atoms with Gasteiger partial charge in [-0.25, -0.2) is 4.79 Å². The molecular weight excluding hydrogens is 320 g/mol. The number of carbonyl (C=O) groups excluding carboxylic acids is 1. The van der Waals surface area contributed by atoms with E-state index in [9.17, 15) is 4.79 Å². The van der Waals surface area contributed by atoms with E-state index in [2.05, 4.69) is 20.9 Å². The van der Waals surface area contributed by atoms with Crippen LogP contribution in [0.25, 0.3) is 0 Å². The van der Waals surface area contributed by atoms with Crippen LogP contribution in [0.5, 0.6) is 0 Å². The molecule has 1 fully saturated rings. The summed E-state index contributed by atoms with van der Waals surface area (Å²) in [5, 5.41) is 0. The molecule has 1 aromatic carbocycles. The van der Waals surface area contributed by atoms with Crippen molar-refractivity contribution in [2.45, 2.75) is 12.6 Å². The highest BCUT2D eigenvalue weighted by atomic mass is 79.9. The van der Waals surface area contributed by atoms with Crippen LogP contribution in [0, 0.1) is 0 Å². The van der Waals surface area contributed by atoms with Crippen molar-refractivity contribution in [2.75, 3.05) is 6.54 Å². The molecule has 2 aromatic rings. The summed E-state index contributed by atoms with van der Waals surface area (Å²) in [4.78, 5) is 17.7. The molecule has 3 rings (SSSR count). The zero-order valence-electron chi connectivity index (χ0n) is 10.7. The Hall–Kier alpha value is -1.88. The third-order valence-electron chi connectivity index (χ3n) is 3.23. The number of rotatable bonds is 3. The second-order valence-corrected chi connectivity index (χ2v) is 5.58. The van der Waals surface area contributed by atoms with E-state index in [1.54, 1.807) is 17.3 Å². The molecule has 0 spiro atoms. The van der Waals surface area contributed by atoms with E-state index >= 15 is 0 Å². The van der Waals surface area contributed by atoms with Crippen molar-refractivity contribution >= 4 is 22.0 Å². The number of benzene rings is 1. The van der Waals surface area contributed by atoms with Crippen molar-refractivity contribution in [1.82, 2.24) is 9.88 Å². The summed E-state index contributed by atoms with van der Waals surface area (Å²) in [7, 11) is 0. The summed E-state index contributed by atoms with van der Waals surface area (Å²) < 4.78 is 6.42. The lowest BCUT2D eigenvalue weighted by molar-refractivity contribution is 0.132. The Labute approximate surface area is 125 Å². The lowest BCUT2D eigenvalue weighted by Crippen LogP contribution is -2.23. The number of hydrogen-bond acceptors (Lipinski definition) is 3. The van der Waals surface area contributed by atoms with Crippen molar-refractivity contribution in [1.29, 1.82) is 0 Å². The zero-order valence-corrected chi connectivity index (χ0v) is 12.3. The van der Waals surface area contributed by atoms with E-state index < -0.39 is 0 Å². The summed E-state index contributed by atoms with van der Waals surface area (Å²) >= 11 is 3.40. The van der Waals surface area contributed by atoms with Gasteiger partial charge in [0.05, 0.1) is 6.54 Å². The minimum Gasteiger partial charge on any atom is -0.439 e. The van der Waals surface area contributed by atoms with Crippen LogP contribution in [0.4, 0.5) is 4.79 Å². The summed E-state index contributed by atoms with van der Waals surface area (Å²) in [5.74, 6) is 0. The third kappa shape index (κ3) is 2.82. The number of ether oxygens (including phenoxy) is 1. The maximum atomic E-state index is 11.9. The molecule has 1 aliphatic heterocycles. The molecule has 1 aromatic heterocycles. The Kier molecular flexibility index (Phi) is 3.69. The largest absolute Gasteiger partial charge is 0.439 e. The molecule has 0 saturated carbocycles. The van der Waals surface area contributed by atoms with Gasteiger partial charge in [-0.2, -0.15) is 0 Å². The van der Waals surface area contributed by atoms with Gasteiger partial charge in [0, 0.05) is 29.0 Å². The topological polar surface area (TPSA) is 42.4 Å². The van der Waals surface area contributed by atoms with Crippen molar-refractivity contribution in [3.05, 3.63) is 64.4 Å². The van der Waals surface area contributed by atoms with Crippen LogP contribution < -0.4 is 0 Å². The van der Waals surface area contributed by atoms with Gasteiger partial charge in [0.1, 0.15) is 6.10 Å². The normalized spacial score (nSPS) is 18.1. The monoisotopic (exact) mass is 332 g/mol. The fraction of sp³-hybridized carbons (Fsp3) is 0.200. The number of carbonyl (C=O) groups is 1. The number of pyridine rings is 1. The molecule has 1 atom stereocenters. The highest BCUT2D eigenvalue weighted by molar-refractivity contribution is 9.10. The van der Waals surface area contributed by atoms with Crippen LogP contribution in [0.2, 0.25) is 0 Å². The first-order valence-corrected chi connectivity index (χ1v) is 7.11. The molecule has 2 heterocycles. The highest BCUT2D eigenvalue weighted by Gasteiger charge is 2.32. The molecule has 1 aliphatic rings. The first-order valence-electron chi connectivity index (χ1n) is 6.32. The van der Waals surface area contributed by atoms with E-state index in [4.69, 9.17) is 4.74 Å². The van der Waals surface area contributed by atoms with Crippen LogP contribution in [0.15, 0.2) is 53.3 Å². The predicted octanol–water partition coefficient (Wildman–Crippen LogP) is 3.54. The number of hydrogen-bond donors (Lipinski definition) is 0. The molecule has 5 heteroatoms. The van der Waals surface area contributed by atoms with Crippen molar-refractivity contribution in [3.63, 3.8) is 0 Å². The quantitative estimate of drug-likeness (QED) is 0.863. The van der Waals surface area contributed by atoms with Gasteiger partial charge in [-0.15, -0.1) is 0 Å². The Balaban J connectivity index is 1.70. The number of cyclic esters (lactones) is 1. The molecule has 0 bridgehead atoms. The first-order chi connectivity index (χ1) is 9.72. The minimum atomic E-state index is -0.276. The highest BCUT2D eigenvalue weighted by Crippen LogP contribution is 2.26. The Morgan fingerprint density at radius 1 is 1.30 bits per heavy atom. The molecular formula is C15H13BrN2O2. The molecule has 102 valence electrons. The summed E-state index contributed by atoms with van der Waals surface area (Å²) in [6.07, 6.45) is 2.94. The van der Waals surface area contributed by atoms with E-state index in [1.165, 1.54) is 0 Å². The smallest absolute Gasteiger partial charge is 0.410 e. The molecule has 0 aliphatic carbocycles. The van der Waals surface area contributed by atoms with Crippen LogP contribution in [0.1, 0.15) is 17.2 Å². The molecule has 4 nitrogen and oxygen atoms in total. The van der Waals surface area contributed by atoms with Crippen molar-refractivity contribution in [3.8, 4) is 0 Å².